The first kappa shape index (κ1) is 13.7. The van der Waals surface area contributed by atoms with Gasteiger partial charge in [-0.2, -0.15) is 0 Å². The van der Waals surface area contributed by atoms with Crippen molar-refractivity contribution in [1.82, 2.24) is 4.90 Å². The molecule has 1 heterocycles. The fraction of sp³-hybridized carbons (Fsp3) is 0.533. The molecular formula is C15H21NO3. The van der Waals surface area contributed by atoms with Crippen LogP contribution in [0.2, 0.25) is 0 Å². The minimum absolute atomic E-state index is 0.213. The van der Waals surface area contributed by atoms with E-state index in [9.17, 15) is 4.79 Å². The summed E-state index contributed by atoms with van der Waals surface area (Å²) >= 11 is 0. The molecule has 1 aromatic carbocycles. The van der Waals surface area contributed by atoms with Gasteiger partial charge in [0.25, 0.3) is 0 Å². The maximum absolute atomic E-state index is 12.0. The molecule has 2 rings (SSSR count). The molecule has 0 spiro atoms. The average molecular weight is 263 g/mol. The molecule has 1 unspecified atom stereocenters. The number of likely N-dealkylation sites (tertiary alicyclic amines) is 1. The molecule has 1 amide bonds. The number of piperidine rings is 1. The maximum Gasteiger partial charge on any atom is 0.410 e. The Balaban J connectivity index is 1.95. The van der Waals surface area contributed by atoms with Crippen molar-refractivity contribution in [3.8, 4) is 5.75 Å². The summed E-state index contributed by atoms with van der Waals surface area (Å²) in [6.45, 7) is 3.50. The molecule has 1 aliphatic rings. The topological polar surface area (TPSA) is 38.8 Å². The summed E-state index contributed by atoms with van der Waals surface area (Å²) in [4.78, 5) is 13.8. The summed E-state index contributed by atoms with van der Waals surface area (Å²) in [6, 6.07) is 7.62. The van der Waals surface area contributed by atoms with Crippen LogP contribution in [-0.4, -0.2) is 31.2 Å². The average Bonchev–Trinajstić information content (AvgIpc) is 2.48. The fourth-order valence-corrected chi connectivity index (χ4v) is 2.26. The summed E-state index contributed by atoms with van der Waals surface area (Å²) in [5, 5.41) is 0. The lowest BCUT2D eigenvalue weighted by Gasteiger charge is -2.27. The number of carbonyl (C=O) groups excluding carboxylic acids is 1. The highest BCUT2D eigenvalue weighted by Gasteiger charge is 2.20. The van der Waals surface area contributed by atoms with Crippen LogP contribution in [0, 0.1) is 0 Å². The Morgan fingerprint density at radius 3 is 2.68 bits per heavy atom. The molecule has 0 saturated carbocycles. The first-order valence-corrected chi connectivity index (χ1v) is 6.80. The van der Waals surface area contributed by atoms with Gasteiger partial charge >= 0.3 is 6.09 Å². The first-order valence-electron chi connectivity index (χ1n) is 6.80. The van der Waals surface area contributed by atoms with E-state index in [-0.39, 0.29) is 12.2 Å². The monoisotopic (exact) mass is 263 g/mol. The SMILES string of the molecule is COc1cccc(C(C)OC(=O)N2CCCCC2)c1. The van der Waals surface area contributed by atoms with E-state index in [2.05, 4.69) is 0 Å². The lowest BCUT2D eigenvalue weighted by atomic mass is 10.1. The van der Waals surface area contributed by atoms with E-state index < -0.39 is 0 Å². The number of methoxy groups -OCH3 is 1. The van der Waals surface area contributed by atoms with E-state index in [1.807, 2.05) is 31.2 Å². The molecule has 1 atom stereocenters. The molecule has 104 valence electrons. The van der Waals surface area contributed by atoms with Gasteiger partial charge in [0.1, 0.15) is 11.9 Å². The van der Waals surface area contributed by atoms with Crippen molar-refractivity contribution in [3.05, 3.63) is 29.8 Å². The number of carbonyl (C=O) groups is 1. The number of rotatable bonds is 3. The van der Waals surface area contributed by atoms with Gasteiger partial charge in [0.2, 0.25) is 0 Å². The number of hydrogen-bond donors (Lipinski definition) is 0. The standard InChI is InChI=1S/C15H21NO3/c1-12(13-7-6-8-14(11-13)18-2)19-15(17)16-9-4-3-5-10-16/h6-8,11-12H,3-5,9-10H2,1-2H3. The minimum atomic E-state index is -0.260. The Kier molecular flexibility index (Phi) is 4.66. The number of nitrogens with zero attached hydrogens (tertiary/aromatic N) is 1. The zero-order valence-electron chi connectivity index (χ0n) is 11.6. The van der Waals surface area contributed by atoms with E-state index >= 15 is 0 Å². The third-order valence-electron chi connectivity index (χ3n) is 3.46. The molecule has 1 aromatic rings. The van der Waals surface area contributed by atoms with Crippen molar-refractivity contribution in [1.29, 1.82) is 0 Å². The smallest absolute Gasteiger partial charge is 0.410 e. The van der Waals surface area contributed by atoms with Crippen LogP contribution in [0.5, 0.6) is 5.75 Å². The van der Waals surface area contributed by atoms with E-state index in [0.717, 1.165) is 37.2 Å². The van der Waals surface area contributed by atoms with E-state index in [0.29, 0.717) is 0 Å². The molecule has 0 aliphatic carbocycles. The van der Waals surface area contributed by atoms with Gasteiger partial charge in [-0.25, -0.2) is 4.79 Å². The Morgan fingerprint density at radius 1 is 1.26 bits per heavy atom. The van der Waals surface area contributed by atoms with Gasteiger partial charge in [-0.3, -0.25) is 0 Å². The second kappa shape index (κ2) is 6.45. The Hall–Kier alpha value is -1.71. The molecule has 1 saturated heterocycles. The molecule has 0 N–H and O–H groups in total. The molecular weight excluding hydrogens is 242 g/mol. The maximum atomic E-state index is 12.0. The minimum Gasteiger partial charge on any atom is -0.497 e. The zero-order chi connectivity index (χ0) is 13.7. The van der Waals surface area contributed by atoms with E-state index in [4.69, 9.17) is 9.47 Å². The van der Waals surface area contributed by atoms with Gasteiger partial charge in [0.15, 0.2) is 0 Å². The second-order valence-corrected chi connectivity index (χ2v) is 4.85. The number of amides is 1. The van der Waals surface area contributed by atoms with Crippen molar-refractivity contribution in [3.63, 3.8) is 0 Å². The summed E-state index contributed by atoms with van der Waals surface area (Å²) < 4.78 is 10.7. The van der Waals surface area contributed by atoms with E-state index in [1.54, 1.807) is 12.0 Å². The molecule has 19 heavy (non-hydrogen) atoms. The first-order chi connectivity index (χ1) is 9.20. The van der Waals surface area contributed by atoms with Crippen LogP contribution >= 0.6 is 0 Å². The van der Waals surface area contributed by atoms with Crippen LogP contribution in [0.1, 0.15) is 37.9 Å². The highest BCUT2D eigenvalue weighted by molar-refractivity contribution is 5.68. The second-order valence-electron chi connectivity index (χ2n) is 4.85. The van der Waals surface area contributed by atoms with Crippen LogP contribution in [0.15, 0.2) is 24.3 Å². The van der Waals surface area contributed by atoms with Crippen LogP contribution in [0.4, 0.5) is 4.79 Å². The van der Waals surface area contributed by atoms with Crippen molar-refractivity contribution >= 4 is 6.09 Å². The van der Waals surface area contributed by atoms with Crippen molar-refractivity contribution < 1.29 is 14.3 Å². The fourth-order valence-electron chi connectivity index (χ4n) is 2.26. The molecule has 1 fully saturated rings. The largest absolute Gasteiger partial charge is 0.497 e. The van der Waals surface area contributed by atoms with Gasteiger partial charge in [-0.05, 0) is 43.9 Å². The van der Waals surface area contributed by atoms with Gasteiger partial charge in [-0.15, -0.1) is 0 Å². The molecule has 4 heteroatoms. The third kappa shape index (κ3) is 3.63. The Morgan fingerprint density at radius 2 is 2.00 bits per heavy atom. The number of hydrogen-bond acceptors (Lipinski definition) is 3. The summed E-state index contributed by atoms with van der Waals surface area (Å²) in [7, 11) is 1.63. The van der Waals surface area contributed by atoms with Crippen molar-refractivity contribution in [2.75, 3.05) is 20.2 Å². The predicted molar refractivity (Wildman–Crippen MR) is 73.3 cm³/mol. The van der Waals surface area contributed by atoms with Gasteiger partial charge in [-0.1, -0.05) is 12.1 Å². The summed E-state index contributed by atoms with van der Waals surface area (Å²) in [6.07, 6.45) is 2.88. The molecule has 1 aliphatic heterocycles. The number of ether oxygens (including phenoxy) is 2. The number of benzene rings is 1. The highest BCUT2D eigenvalue weighted by Crippen LogP contribution is 2.23. The lowest BCUT2D eigenvalue weighted by molar-refractivity contribution is 0.0642. The van der Waals surface area contributed by atoms with Crippen molar-refractivity contribution in [2.45, 2.75) is 32.3 Å². The van der Waals surface area contributed by atoms with Crippen LogP contribution in [0.3, 0.4) is 0 Å². The Bertz CT molecular complexity index is 427. The third-order valence-corrected chi connectivity index (χ3v) is 3.46. The van der Waals surface area contributed by atoms with Crippen LogP contribution < -0.4 is 4.74 Å². The summed E-state index contributed by atoms with van der Waals surface area (Å²) in [5.41, 5.74) is 0.949. The predicted octanol–water partition coefficient (Wildman–Crippen LogP) is 3.38. The molecule has 0 radical (unpaired) electrons. The summed E-state index contributed by atoms with van der Waals surface area (Å²) in [5.74, 6) is 0.776. The van der Waals surface area contributed by atoms with Gasteiger partial charge in [0.05, 0.1) is 7.11 Å². The lowest BCUT2D eigenvalue weighted by Crippen LogP contribution is -2.36. The highest BCUT2D eigenvalue weighted by atomic mass is 16.6. The van der Waals surface area contributed by atoms with Crippen LogP contribution in [-0.2, 0) is 4.74 Å². The van der Waals surface area contributed by atoms with E-state index in [1.165, 1.54) is 6.42 Å². The zero-order valence-corrected chi connectivity index (χ0v) is 11.6. The normalized spacial score (nSPS) is 16.8. The molecule has 4 nitrogen and oxygen atoms in total. The quantitative estimate of drug-likeness (QED) is 0.839. The van der Waals surface area contributed by atoms with Crippen molar-refractivity contribution in [2.24, 2.45) is 0 Å². The van der Waals surface area contributed by atoms with Gasteiger partial charge < -0.3 is 14.4 Å². The van der Waals surface area contributed by atoms with Gasteiger partial charge in [0, 0.05) is 13.1 Å². The van der Waals surface area contributed by atoms with Crippen LogP contribution in [0.25, 0.3) is 0 Å². The molecule has 0 bridgehead atoms. The Labute approximate surface area is 114 Å². The molecule has 0 aromatic heterocycles.